The molecule has 366 valence electrons. The van der Waals surface area contributed by atoms with Crippen molar-refractivity contribution in [2.45, 2.75) is 180 Å². The smallest absolute Gasteiger partial charge is 0.420 e. The summed E-state index contributed by atoms with van der Waals surface area (Å²) in [4.78, 5) is 24.7. The van der Waals surface area contributed by atoms with Gasteiger partial charge in [-0.05, 0) is 159 Å². The van der Waals surface area contributed by atoms with Crippen molar-refractivity contribution in [2.75, 3.05) is 7.11 Å². The van der Waals surface area contributed by atoms with Gasteiger partial charge in [0.15, 0.2) is 0 Å². The van der Waals surface area contributed by atoms with Crippen LogP contribution in [0.3, 0.4) is 0 Å². The third-order valence-electron chi connectivity index (χ3n) is 15.7. The van der Waals surface area contributed by atoms with Crippen molar-refractivity contribution in [1.82, 2.24) is 0 Å². The Morgan fingerprint density at radius 3 is 1.31 bits per heavy atom. The molecule has 4 aliphatic carbocycles. The first-order valence-corrected chi connectivity index (χ1v) is 24.8. The number of fused-ring (bicyclic) bond motifs is 2. The molecule has 8 rings (SSSR count). The van der Waals surface area contributed by atoms with Crippen LogP contribution in [0.5, 0.6) is 11.5 Å². The van der Waals surface area contributed by atoms with Crippen molar-refractivity contribution >= 4 is 33.5 Å². The van der Waals surface area contributed by atoms with Gasteiger partial charge in [-0.3, -0.25) is 9.59 Å². The van der Waals surface area contributed by atoms with Gasteiger partial charge < -0.3 is 19.3 Å². The highest BCUT2D eigenvalue weighted by Gasteiger charge is 2.43. The summed E-state index contributed by atoms with van der Waals surface area (Å²) >= 11 is 0. The normalized spacial score (nSPS) is 23.2. The van der Waals surface area contributed by atoms with Gasteiger partial charge in [0.25, 0.3) is 0 Å². The topological polar surface area (TPSA) is 82.1 Å². The molecule has 0 spiro atoms. The maximum absolute atomic E-state index is 14.3. The second-order valence-corrected chi connectivity index (χ2v) is 20.4. The summed E-state index contributed by atoms with van der Waals surface area (Å²) in [6.45, 7) is 4.34. The minimum atomic E-state index is -4.54. The predicted molar refractivity (Wildman–Crippen MR) is 249 cm³/mol. The van der Waals surface area contributed by atoms with Crippen LogP contribution in [-0.2, 0) is 39.5 Å². The molecule has 0 unspecified atom stereocenters. The van der Waals surface area contributed by atoms with Gasteiger partial charge in [0, 0.05) is 0 Å². The molecular weight excluding hydrogens is 871 g/mol. The van der Waals surface area contributed by atoms with Gasteiger partial charge in [0.2, 0.25) is 0 Å². The number of rotatable bonds is 12. The van der Waals surface area contributed by atoms with Crippen molar-refractivity contribution in [3.8, 4) is 11.5 Å². The molecule has 0 amide bonds. The number of carboxylic acids is 1. The van der Waals surface area contributed by atoms with Crippen LogP contribution in [0.25, 0.3) is 21.5 Å². The third-order valence-corrected chi connectivity index (χ3v) is 15.7. The fourth-order valence-corrected chi connectivity index (χ4v) is 11.6. The number of alkyl halides is 6. The second kappa shape index (κ2) is 21.4. The molecule has 67 heavy (non-hydrogen) atoms. The number of aliphatic carboxylic acids is 1. The van der Waals surface area contributed by atoms with Crippen LogP contribution in [0.1, 0.15) is 165 Å². The number of esters is 1. The molecule has 0 heterocycles. The Bertz CT molecular complexity index is 2310. The van der Waals surface area contributed by atoms with Crippen LogP contribution in [-0.4, -0.2) is 36.4 Å². The number of ether oxygens (including phenoxy) is 3. The van der Waals surface area contributed by atoms with Crippen LogP contribution in [0.15, 0.2) is 60.7 Å². The van der Waals surface area contributed by atoms with Gasteiger partial charge in [0.1, 0.15) is 22.6 Å². The Balaban J connectivity index is 0.000000199. The first-order valence-electron chi connectivity index (χ1n) is 24.8. The largest absolute Gasteiger partial charge is 0.490 e. The molecule has 0 bridgehead atoms. The van der Waals surface area contributed by atoms with Crippen LogP contribution < -0.4 is 9.47 Å². The third kappa shape index (κ3) is 11.9. The summed E-state index contributed by atoms with van der Waals surface area (Å²) in [6.07, 6.45) is 8.28. The lowest BCUT2D eigenvalue weighted by Crippen LogP contribution is -2.35. The second-order valence-electron chi connectivity index (χ2n) is 20.4. The number of hydrogen-bond acceptors (Lipinski definition) is 5. The van der Waals surface area contributed by atoms with Crippen molar-refractivity contribution in [3.05, 3.63) is 82.9 Å². The molecule has 6 nitrogen and oxygen atoms in total. The number of aryl methyl sites for hydroxylation is 2. The van der Waals surface area contributed by atoms with Gasteiger partial charge in [-0.2, -0.15) is 26.3 Å². The summed E-state index contributed by atoms with van der Waals surface area (Å²) in [7, 11) is 1.42. The standard InChI is InChI=1S/C28H35F3O3.C27H33F3O3/c1-19-9-11-21(12-10-19)34-24-14-13-22-20(7-6-8-23(22)25(24)28(29,30)31)15-18-27(26(32)33-2)16-4-3-5-17-27;1-18-8-10-20(11-9-18)33-23-13-12-21-19(6-5-7-22(21)24(23)27(28,29)30)14-17-26(25(31)32)15-3-2-4-16-26/h6-8,13-14,19,21H,3-5,9-12,15-18H2,1-2H3;5-7,12-13,18,20H,2-4,8-11,14-17H2,1H3,(H,31,32). The molecule has 0 radical (unpaired) electrons. The van der Waals surface area contributed by atoms with E-state index in [1.54, 1.807) is 24.3 Å². The molecule has 4 aromatic rings. The van der Waals surface area contributed by atoms with Crippen LogP contribution in [0, 0.1) is 22.7 Å². The number of hydrogen-bond donors (Lipinski definition) is 1. The Hall–Kier alpha value is -4.48. The zero-order valence-corrected chi connectivity index (χ0v) is 39.4. The van der Waals surface area contributed by atoms with E-state index >= 15 is 0 Å². The Morgan fingerprint density at radius 2 is 0.940 bits per heavy atom. The number of halogens is 6. The quantitative estimate of drug-likeness (QED) is 0.113. The minimum Gasteiger partial charge on any atom is -0.490 e. The first kappa shape index (κ1) is 50.4. The molecule has 1 N–H and O–H groups in total. The van der Waals surface area contributed by atoms with Gasteiger partial charge in [-0.25, -0.2) is 0 Å². The number of benzene rings is 4. The molecule has 12 heteroatoms. The summed E-state index contributed by atoms with van der Waals surface area (Å²) in [6, 6.07) is 16.5. The minimum absolute atomic E-state index is 0.0741. The average Bonchev–Trinajstić information content (AvgIpc) is 3.31. The highest BCUT2D eigenvalue weighted by atomic mass is 19.4. The van der Waals surface area contributed by atoms with Crippen molar-refractivity contribution in [2.24, 2.45) is 22.7 Å². The van der Waals surface area contributed by atoms with E-state index in [0.29, 0.717) is 61.1 Å². The Labute approximate surface area is 391 Å². The molecule has 4 aliphatic rings. The van der Waals surface area contributed by atoms with E-state index in [1.165, 1.54) is 31.4 Å². The predicted octanol–water partition coefficient (Wildman–Crippen LogP) is 15.7. The molecule has 0 aromatic heterocycles. The highest BCUT2D eigenvalue weighted by molar-refractivity contribution is 5.92. The molecule has 4 saturated carbocycles. The van der Waals surface area contributed by atoms with Crippen molar-refractivity contribution < 1.29 is 55.2 Å². The SMILES string of the molecule is CC1CCC(Oc2ccc3c(CCC4(C(=O)O)CCCCC4)cccc3c2C(F)(F)F)CC1.COC(=O)C1(CCc2cccc3c(C(F)(F)F)c(OC4CCC(C)CC4)ccc23)CCCCC1. The van der Waals surface area contributed by atoms with E-state index in [2.05, 4.69) is 13.8 Å². The van der Waals surface area contributed by atoms with Gasteiger partial charge in [-0.15, -0.1) is 0 Å². The first-order chi connectivity index (χ1) is 31.9. The fourth-order valence-electron chi connectivity index (χ4n) is 11.6. The van der Waals surface area contributed by atoms with Crippen molar-refractivity contribution in [1.29, 1.82) is 0 Å². The van der Waals surface area contributed by atoms with E-state index in [1.807, 2.05) is 12.1 Å². The molecule has 0 aliphatic heterocycles. The average molecular weight is 939 g/mol. The Kier molecular flexibility index (Phi) is 16.1. The van der Waals surface area contributed by atoms with Gasteiger partial charge >= 0.3 is 24.3 Å². The summed E-state index contributed by atoms with van der Waals surface area (Å²) in [5.41, 5.74) is -1.12. The lowest BCUT2D eigenvalue weighted by atomic mass is 9.70. The van der Waals surface area contributed by atoms with Crippen molar-refractivity contribution in [3.63, 3.8) is 0 Å². The fraction of sp³-hybridized carbons (Fsp3) is 0.600. The van der Waals surface area contributed by atoms with E-state index in [-0.39, 0.29) is 40.4 Å². The van der Waals surface area contributed by atoms with E-state index < -0.39 is 40.3 Å². The maximum atomic E-state index is 14.3. The van der Waals surface area contributed by atoms with Crippen LogP contribution in [0.2, 0.25) is 0 Å². The highest BCUT2D eigenvalue weighted by Crippen LogP contribution is 2.47. The molecule has 4 fully saturated rings. The van der Waals surface area contributed by atoms with E-state index in [4.69, 9.17) is 14.2 Å². The number of carbonyl (C=O) groups is 2. The number of carbonyl (C=O) groups excluding carboxylic acids is 1. The van der Waals surface area contributed by atoms with Gasteiger partial charge in [-0.1, -0.05) is 101 Å². The molecule has 4 aromatic carbocycles. The summed E-state index contributed by atoms with van der Waals surface area (Å²) in [5, 5.41) is 11.3. The lowest BCUT2D eigenvalue weighted by Gasteiger charge is -2.34. The summed E-state index contributed by atoms with van der Waals surface area (Å²) in [5.74, 6) is 0.0377. The number of methoxy groups -OCH3 is 1. The monoisotopic (exact) mass is 938 g/mol. The van der Waals surface area contributed by atoms with Crippen LogP contribution in [0.4, 0.5) is 26.3 Å². The maximum Gasteiger partial charge on any atom is 0.420 e. The van der Waals surface area contributed by atoms with Gasteiger partial charge in [0.05, 0.1) is 30.1 Å². The molecule has 0 saturated heterocycles. The molecular formula is C55H68F6O6. The van der Waals surface area contributed by atoms with E-state index in [0.717, 1.165) is 114 Å². The number of carboxylic acid groups (broad SMARTS) is 1. The molecule has 0 atom stereocenters. The zero-order valence-electron chi connectivity index (χ0n) is 39.4. The Morgan fingerprint density at radius 1 is 0.552 bits per heavy atom. The van der Waals surface area contributed by atoms with E-state index in [9.17, 15) is 41.0 Å². The van der Waals surface area contributed by atoms with Crippen LogP contribution >= 0.6 is 0 Å². The lowest BCUT2D eigenvalue weighted by molar-refractivity contribution is -0.155. The summed E-state index contributed by atoms with van der Waals surface area (Å²) < 4.78 is 102. The zero-order chi connectivity index (χ0) is 48.0.